The van der Waals surface area contributed by atoms with Crippen LogP contribution >= 0.6 is 0 Å². The fraction of sp³-hybridized carbons (Fsp3) is 0.714. The highest BCUT2D eigenvalue weighted by Gasteiger charge is 2.02. The predicted octanol–water partition coefficient (Wildman–Crippen LogP) is 8.51. The average Bonchev–Trinajstić information content (AvgIpc) is 2.78. The van der Waals surface area contributed by atoms with E-state index >= 15 is 0 Å². The molecule has 0 spiro atoms. The Labute approximate surface area is 196 Å². The maximum absolute atomic E-state index is 11.9. The number of amides is 1. The van der Waals surface area contributed by atoms with Crippen molar-refractivity contribution in [2.45, 2.75) is 128 Å². The standard InChI is InChI=1S/C28H47NO3/c30-27(29-26-22-18-17-19-23-26)24-20-15-13-11-9-7-5-3-1-2-4-6-8-10-12-14-16-21-25-28(31)32/h17-19,22-23H,1-16,20-21,24-25H2,(H,29,30)(H,31,32). The molecule has 1 aromatic carbocycles. The van der Waals surface area contributed by atoms with E-state index in [1.165, 1.54) is 89.9 Å². The maximum atomic E-state index is 11.9. The highest BCUT2D eigenvalue weighted by Crippen LogP contribution is 2.15. The number of rotatable bonds is 22. The lowest BCUT2D eigenvalue weighted by Gasteiger charge is -2.05. The summed E-state index contributed by atoms with van der Waals surface area (Å²) in [6.45, 7) is 0. The van der Waals surface area contributed by atoms with Crippen LogP contribution in [0, 0.1) is 0 Å². The summed E-state index contributed by atoms with van der Waals surface area (Å²) in [4.78, 5) is 22.3. The molecule has 0 bridgehead atoms. The number of anilines is 1. The molecule has 182 valence electrons. The molecule has 0 atom stereocenters. The van der Waals surface area contributed by atoms with Crippen molar-refractivity contribution in [1.82, 2.24) is 0 Å². The van der Waals surface area contributed by atoms with Gasteiger partial charge in [-0.3, -0.25) is 9.59 Å². The monoisotopic (exact) mass is 445 g/mol. The Hall–Kier alpha value is -1.84. The summed E-state index contributed by atoms with van der Waals surface area (Å²) in [6, 6.07) is 9.69. The lowest BCUT2D eigenvalue weighted by Crippen LogP contribution is -2.10. The first kappa shape index (κ1) is 28.2. The van der Waals surface area contributed by atoms with Crippen molar-refractivity contribution in [3.8, 4) is 0 Å². The second kappa shape index (κ2) is 21.0. The van der Waals surface area contributed by atoms with E-state index in [-0.39, 0.29) is 5.91 Å². The SMILES string of the molecule is O=C(O)CCCCCCCCCCCCCCCCCCCCC(=O)Nc1ccccc1. The van der Waals surface area contributed by atoms with Gasteiger partial charge in [-0.1, -0.05) is 121 Å². The quantitative estimate of drug-likeness (QED) is 0.176. The molecule has 4 nitrogen and oxygen atoms in total. The molecule has 0 saturated carbocycles. The minimum atomic E-state index is -0.664. The third-order valence-electron chi connectivity index (χ3n) is 6.10. The van der Waals surface area contributed by atoms with Crippen molar-refractivity contribution in [3.63, 3.8) is 0 Å². The molecule has 1 amide bonds. The predicted molar refractivity (Wildman–Crippen MR) is 135 cm³/mol. The third kappa shape index (κ3) is 18.9. The van der Waals surface area contributed by atoms with Crippen LogP contribution in [0.2, 0.25) is 0 Å². The summed E-state index contributed by atoms with van der Waals surface area (Å²) in [5.41, 5.74) is 0.888. The van der Waals surface area contributed by atoms with Gasteiger partial charge in [-0.2, -0.15) is 0 Å². The summed E-state index contributed by atoms with van der Waals surface area (Å²) >= 11 is 0. The number of unbranched alkanes of at least 4 members (excludes halogenated alkanes) is 17. The zero-order valence-electron chi connectivity index (χ0n) is 20.3. The normalized spacial score (nSPS) is 10.9. The van der Waals surface area contributed by atoms with Crippen LogP contribution in [0.3, 0.4) is 0 Å². The molecule has 0 unspecified atom stereocenters. The van der Waals surface area contributed by atoms with E-state index in [0.717, 1.165) is 31.4 Å². The number of carbonyl (C=O) groups excluding carboxylic acids is 1. The number of nitrogens with one attached hydrogen (secondary N) is 1. The molecule has 0 radical (unpaired) electrons. The minimum Gasteiger partial charge on any atom is -0.481 e. The summed E-state index contributed by atoms with van der Waals surface area (Å²) in [6.07, 6.45) is 23.6. The molecular weight excluding hydrogens is 398 g/mol. The number of benzene rings is 1. The Balaban J connectivity index is 1.71. The summed E-state index contributed by atoms with van der Waals surface area (Å²) in [7, 11) is 0. The molecule has 4 heteroatoms. The van der Waals surface area contributed by atoms with Gasteiger partial charge in [0, 0.05) is 18.5 Å². The Morgan fingerprint density at radius 3 is 1.25 bits per heavy atom. The highest BCUT2D eigenvalue weighted by atomic mass is 16.4. The first-order valence-corrected chi connectivity index (χ1v) is 13.2. The molecular formula is C28H47NO3. The van der Waals surface area contributed by atoms with Crippen LogP contribution < -0.4 is 5.32 Å². The van der Waals surface area contributed by atoms with Gasteiger partial charge in [0.15, 0.2) is 0 Å². The average molecular weight is 446 g/mol. The zero-order chi connectivity index (χ0) is 23.1. The van der Waals surface area contributed by atoms with E-state index < -0.39 is 5.97 Å². The van der Waals surface area contributed by atoms with Gasteiger partial charge in [-0.05, 0) is 25.0 Å². The minimum absolute atomic E-state index is 0.129. The smallest absolute Gasteiger partial charge is 0.303 e. The summed E-state index contributed by atoms with van der Waals surface area (Å²) < 4.78 is 0. The second-order valence-corrected chi connectivity index (χ2v) is 9.17. The van der Waals surface area contributed by atoms with Crippen LogP contribution in [0.25, 0.3) is 0 Å². The Morgan fingerprint density at radius 1 is 0.531 bits per heavy atom. The van der Waals surface area contributed by atoms with Crippen LogP contribution in [0.15, 0.2) is 30.3 Å². The van der Waals surface area contributed by atoms with Crippen LogP contribution in [-0.2, 0) is 9.59 Å². The molecule has 0 fully saturated rings. The number of para-hydroxylation sites is 1. The van der Waals surface area contributed by atoms with Crippen molar-refractivity contribution in [3.05, 3.63) is 30.3 Å². The fourth-order valence-electron chi connectivity index (χ4n) is 4.14. The Kier molecular flexibility index (Phi) is 18.5. The molecule has 0 aromatic heterocycles. The molecule has 0 aliphatic heterocycles. The van der Waals surface area contributed by atoms with Gasteiger partial charge in [0.1, 0.15) is 0 Å². The molecule has 1 aromatic rings. The maximum Gasteiger partial charge on any atom is 0.303 e. The van der Waals surface area contributed by atoms with Gasteiger partial charge in [-0.15, -0.1) is 0 Å². The number of aliphatic carboxylic acids is 1. The van der Waals surface area contributed by atoms with Gasteiger partial charge in [0.25, 0.3) is 0 Å². The number of carboxylic acids is 1. The summed E-state index contributed by atoms with van der Waals surface area (Å²) in [5.74, 6) is -0.536. The van der Waals surface area contributed by atoms with E-state index in [9.17, 15) is 9.59 Å². The van der Waals surface area contributed by atoms with Crippen LogP contribution in [0.4, 0.5) is 5.69 Å². The van der Waals surface area contributed by atoms with Gasteiger partial charge in [0.05, 0.1) is 0 Å². The summed E-state index contributed by atoms with van der Waals surface area (Å²) in [5, 5.41) is 11.5. The first-order chi connectivity index (χ1) is 15.7. The number of hydrogen-bond donors (Lipinski definition) is 2. The largest absolute Gasteiger partial charge is 0.481 e. The molecule has 0 heterocycles. The van der Waals surface area contributed by atoms with Crippen LogP contribution in [-0.4, -0.2) is 17.0 Å². The van der Waals surface area contributed by atoms with Crippen molar-refractivity contribution < 1.29 is 14.7 Å². The first-order valence-electron chi connectivity index (χ1n) is 13.2. The van der Waals surface area contributed by atoms with Gasteiger partial charge in [-0.25, -0.2) is 0 Å². The second-order valence-electron chi connectivity index (χ2n) is 9.17. The van der Waals surface area contributed by atoms with E-state index in [1.54, 1.807) is 0 Å². The Bertz CT molecular complexity index is 573. The molecule has 0 aliphatic carbocycles. The lowest BCUT2D eigenvalue weighted by atomic mass is 10.0. The molecule has 0 saturated heterocycles. The van der Waals surface area contributed by atoms with Gasteiger partial charge in [0.2, 0.25) is 5.91 Å². The van der Waals surface area contributed by atoms with Crippen molar-refractivity contribution in [1.29, 1.82) is 0 Å². The third-order valence-corrected chi connectivity index (χ3v) is 6.10. The number of hydrogen-bond acceptors (Lipinski definition) is 2. The van der Waals surface area contributed by atoms with Crippen molar-refractivity contribution in [2.24, 2.45) is 0 Å². The molecule has 0 aliphatic rings. The van der Waals surface area contributed by atoms with E-state index in [2.05, 4.69) is 5.32 Å². The van der Waals surface area contributed by atoms with E-state index in [0.29, 0.717) is 12.8 Å². The van der Waals surface area contributed by atoms with Crippen LogP contribution in [0.5, 0.6) is 0 Å². The van der Waals surface area contributed by atoms with Crippen molar-refractivity contribution in [2.75, 3.05) is 5.32 Å². The van der Waals surface area contributed by atoms with E-state index in [1.807, 2.05) is 30.3 Å². The van der Waals surface area contributed by atoms with Crippen LogP contribution in [0.1, 0.15) is 128 Å². The topological polar surface area (TPSA) is 66.4 Å². The Morgan fingerprint density at radius 2 is 0.875 bits per heavy atom. The van der Waals surface area contributed by atoms with Gasteiger partial charge >= 0.3 is 5.97 Å². The number of carbonyl (C=O) groups is 2. The highest BCUT2D eigenvalue weighted by molar-refractivity contribution is 5.90. The van der Waals surface area contributed by atoms with Gasteiger partial charge < -0.3 is 10.4 Å². The fourth-order valence-corrected chi connectivity index (χ4v) is 4.14. The van der Waals surface area contributed by atoms with E-state index in [4.69, 9.17) is 5.11 Å². The molecule has 32 heavy (non-hydrogen) atoms. The zero-order valence-corrected chi connectivity index (χ0v) is 20.3. The van der Waals surface area contributed by atoms with Crippen molar-refractivity contribution >= 4 is 17.6 Å². The molecule has 1 rings (SSSR count). The number of carboxylic acid groups (broad SMARTS) is 1. The molecule has 2 N–H and O–H groups in total. The lowest BCUT2D eigenvalue weighted by molar-refractivity contribution is -0.137.